The molecule has 0 spiro atoms. The smallest absolute Gasteiger partial charge is 0.242 e. The predicted octanol–water partition coefficient (Wildman–Crippen LogP) is 2.56. The fraction of sp³-hybridized carbons (Fsp3) is 0.308. The SMILES string of the molecule is C=CCNC(=O)C(C)Nc1cc(OC)ccc1Br. The highest BCUT2D eigenvalue weighted by Gasteiger charge is 2.13. The Balaban J connectivity index is 2.71. The number of methoxy groups -OCH3 is 1. The lowest BCUT2D eigenvalue weighted by Gasteiger charge is -2.16. The second-order valence-corrected chi connectivity index (χ2v) is 4.60. The summed E-state index contributed by atoms with van der Waals surface area (Å²) < 4.78 is 6.02. The molecule has 0 fully saturated rings. The molecule has 0 saturated heterocycles. The van der Waals surface area contributed by atoms with Gasteiger partial charge in [-0.1, -0.05) is 6.08 Å². The maximum atomic E-state index is 11.7. The number of rotatable bonds is 6. The minimum absolute atomic E-state index is 0.0791. The topological polar surface area (TPSA) is 50.4 Å². The molecule has 0 radical (unpaired) electrons. The third-order valence-corrected chi connectivity index (χ3v) is 3.05. The first-order chi connectivity index (χ1) is 8.58. The van der Waals surface area contributed by atoms with E-state index in [9.17, 15) is 4.79 Å². The lowest BCUT2D eigenvalue weighted by molar-refractivity contribution is -0.121. The fourth-order valence-corrected chi connectivity index (χ4v) is 1.73. The van der Waals surface area contributed by atoms with Gasteiger partial charge in [-0.25, -0.2) is 0 Å². The first-order valence-electron chi connectivity index (χ1n) is 5.57. The highest BCUT2D eigenvalue weighted by Crippen LogP contribution is 2.27. The number of amides is 1. The maximum absolute atomic E-state index is 11.7. The second-order valence-electron chi connectivity index (χ2n) is 3.75. The Labute approximate surface area is 116 Å². The van der Waals surface area contributed by atoms with Crippen LogP contribution in [-0.2, 0) is 4.79 Å². The standard InChI is InChI=1S/C13H17BrN2O2/c1-4-7-15-13(17)9(2)16-12-8-10(18-3)5-6-11(12)14/h4-6,8-9,16H,1,7H2,2-3H3,(H,15,17). The molecule has 0 bridgehead atoms. The van der Waals surface area contributed by atoms with Gasteiger partial charge in [-0.3, -0.25) is 4.79 Å². The largest absolute Gasteiger partial charge is 0.497 e. The van der Waals surface area contributed by atoms with E-state index < -0.39 is 0 Å². The first kappa shape index (κ1) is 14.6. The van der Waals surface area contributed by atoms with Crippen LogP contribution < -0.4 is 15.4 Å². The van der Waals surface area contributed by atoms with E-state index in [0.717, 1.165) is 15.9 Å². The number of halogens is 1. The number of benzene rings is 1. The lowest BCUT2D eigenvalue weighted by atomic mass is 10.2. The molecule has 1 aromatic carbocycles. The van der Waals surface area contributed by atoms with Crippen molar-refractivity contribution < 1.29 is 9.53 Å². The molecule has 1 unspecified atom stereocenters. The van der Waals surface area contributed by atoms with E-state index in [2.05, 4.69) is 33.1 Å². The lowest BCUT2D eigenvalue weighted by Crippen LogP contribution is -2.37. The maximum Gasteiger partial charge on any atom is 0.242 e. The number of anilines is 1. The summed E-state index contributed by atoms with van der Waals surface area (Å²) in [4.78, 5) is 11.7. The van der Waals surface area contributed by atoms with Crippen molar-refractivity contribution in [2.75, 3.05) is 19.0 Å². The molecule has 1 rings (SSSR count). The summed E-state index contributed by atoms with van der Waals surface area (Å²) in [5.74, 6) is 0.656. The number of carbonyl (C=O) groups excluding carboxylic acids is 1. The van der Waals surface area contributed by atoms with E-state index in [-0.39, 0.29) is 11.9 Å². The van der Waals surface area contributed by atoms with E-state index >= 15 is 0 Å². The highest BCUT2D eigenvalue weighted by molar-refractivity contribution is 9.10. The Morgan fingerprint density at radius 1 is 1.61 bits per heavy atom. The van der Waals surface area contributed by atoms with E-state index in [1.165, 1.54) is 0 Å². The first-order valence-corrected chi connectivity index (χ1v) is 6.36. The third kappa shape index (κ3) is 4.07. The molecule has 1 amide bonds. The Morgan fingerprint density at radius 2 is 2.33 bits per heavy atom. The molecule has 0 aliphatic heterocycles. The average molecular weight is 313 g/mol. The van der Waals surface area contributed by atoms with Gasteiger partial charge in [-0.15, -0.1) is 6.58 Å². The summed E-state index contributed by atoms with van der Waals surface area (Å²) in [6.45, 7) is 5.81. The number of nitrogens with one attached hydrogen (secondary N) is 2. The highest BCUT2D eigenvalue weighted by atomic mass is 79.9. The van der Waals surface area contributed by atoms with Crippen LogP contribution in [0.3, 0.4) is 0 Å². The van der Waals surface area contributed by atoms with Crippen molar-refractivity contribution in [3.8, 4) is 5.75 Å². The second kappa shape index (κ2) is 7.06. The van der Waals surface area contributed by atoms with Crippen molar-refractivity contribution in [2.24, 2.45) is 0 Å². The quantitative estimate of drug-likeness (QED) is 0.794. The number of carbonyl (C=O) groups is 1. The van der Waals surface area contributed by atoms with E-state index in [0.29, 0.717) is 6.54 Å². The number of hydrogen-bond acceptors (Lipinski definition) is 3. The molecule has 2 N–H and O–H groups in total. The molecule has 4 nitrogen and oxygen atoms in total. The summed E-state index contributed by atoms with van der Waals surface area (Å²) in [6, 6.07) is 5.21. The Bertz CT molecular complexity index is 435. The Morgan fingerprint density at radius 3 is 2.94 bits per heavy atom. The normalized spacial score (nSPS) is 11.5. The average Bonchev–Trinajstić information content (AvgIpc) is 2.38. The summed E-state index contributed by atoms with van der Waals surface area (Å²) >= 11 is 3.42. The van der Waals surface area contributed by atoms with Crippen molar-refractivity contribution >= 4 is 27.5 Å². The van der Waals surface area contributed by atoms with Crippen LogP contribution in [0.5, 0.6) is 5.75 Å². The molecule has 0 heterocycles. The summed E-state index contributed by atoms with van der Waals surface area (Å²) in [5, 5.41) is 5.85. The molecule has 0 aliphatic carbocycles. The summed E-state index contributed by atoms with van der Waals surface area (Å²) in [5.41, 5.74) is 0.815. The zero-order valence-corrected chi connectivity index (χ0v) is 12.1. The van der Waals surface area contributed by atoms with Gasteiger partial charge in [0.05, 0.1) is 12.8 Å². The van der Waals surface area contributed by atoms with Crippen LogP contribution in [0.15, 0.2) is 35.3 Å². The van der Waals surface area contributed by atoms with Crippen molar-refractivity contribution in [2.45, 2.75) is 13.0 Å². The molecule has 1 atom stereocenters. The molecule has 1 aromatic rings. The van der Waals surface area contributed by atoms with Crippen molar-refractivity contribution in [3.05, 3.63) is 35.3 Å². The molecular formula is C13H17BrN2O2. The van der Waals surface area contributed by atoms with Gasteiger partial charge in [0.25, 0.3) is 0 Å². The molecule has 98 valence electrons. The number of ether oxygens (including phenoxy) is 1. The van der Waals surface area contributed by atoms with Crippen LogP contribution in [0, 0.1) is 0 Å². The van der Waals surface area contributed by atoms with Crippen molar-refractivity contribution in [1.29, 1.82) is 0 Å². The van der Waals surface area contributed by atoms with E-state index in [1.54, 1.807) is 20.1 Å². The predicted molar refractivity (Wildman–Crippen MR) is 77.0 cm³/mol. The molecule has 18 heavy (non-hydrogen) atoms. The van der Waals surface area contributed by atoms with Gasteiger partial charge in [0.15, 0.2) is 0 Å². The van der Waals surface area contributed by atoms with Gasteiger partial charge < -0.3 is 15.4 Å². The van der Waals surface area contributed by atoms with Gasteiger partial charge in [-0.2, -0.15) is 0 Å². The molecule has 0 saturated carbocycles. The van der Waals surface area contributed by atoms with Crippen LogP contribution in [0.4, 0.5) is 5.69 Å². The Kier molecular flexibility index (Phi) is 5.71. The molecular weight excluding hydrogens is 296 g/mol. The number of hydrogen-bond donors (Lipinski definition) is 2. The van der Waals surface area contributed by atoms with Crippen LogP contribution in [0.1, 0.15) is 6.92 Å². The molecule has 0 aliphatic rings. The zero-order chi connectivity index (χ0) is 13.5. The summed E-state index contributed by atoms with van der Waals surface area (Å²) in [7, 11) is 1.60. The monoisotopic (exact) mass is 312 g/mol. The van der Waals surface area contributed by atoms with Gasteiger partial charge in [0.2, 0.25) is 5.91 Å². The fourth-order valence-electron chi connectivity index (χ4n) is 1.37. The minimum Gasteiger partial charge on any atom is -0.497 e. The van der Waals surface area contributed by atoms with Gasteiger partial charge in [-0.05, 0) is 35.0 Å². The van der Waals surface area contributed by atoms with Gasteiger partial charge in [0, 0.05) is 17.1 Å². The van der Waals surface area contributed by atoms with Crippen LogP contribution in [-0.4, -0.2) is 25.6 Å². The van der Waals surface area contributed by atoms with Gasteiger partial charge >= 0.3 is 0 Å². The van der Waals surface area contributed by atoms with Crippen LogP contribution >= 0.6 is 15.9 Å². The summed E-state index contributed by atoms with van der Waals surface area (Å²) in [6.07, 6.45) is 1.64. The zero-order valence-electron chi connectivity index (χ0n) is 10.5. The minimum atomic E-state index is -0.339. The molecule has 0 aromatic heterocycles. The Hall–Kier alpha value is -1.49. The van der Waals surface area contributed by atoms with E-state index in [4.69, 9.17) is 4.74 Å². The van der Waals surface area contributed by atoms with Crippen molar-refractivity contribution in [3.63, 3.8) is 0 Å². The van der Waals surface area contributed by atoms with Gasteiger partial charge in [0.1, 0.15) is 11.8 Å². The van der Waals surface area contributed by atoms with Crippen LogP contribution in [0.2, 0.25) is 0 Å². The van der Waals surface area contributed by atoms with E-state index in [1.807, 2.05) is 18.2 Å². The third-order valence-electron chi connectivity index (χ3n) is 2.36. The molecule has 5 heteroatoms. The van der Waals surface area contributed by atoms with Crippen LogP contribution in [0.25, 0.3) is 0 Å². The van der Waals surface area contributed by atoms with Crippen molar-refractivity contribution in [1.82, 2.24) is 5.32 Å².